The SMILES string of the molecule is Nc1ccc(CC(=O)Nc2cc(Cl)ccc2N2CCCCC2)cc1. The minimum atomic E-state index is -0.0553. The lowest BCUT2D eigenvalue weighted by Crippen LogP contribution is -2.30. The topological polar surface area (TPSA) is 58.4 Å². The van der Waals surface area contributed by atoms with E-state index in [9.17, 15) is 4.79 Å². The summed E-state index contributed by atoms with van der Waals surface area (Å²) in [5, 5.41) is 3.64. The fraction of sp³-hybridized carbons (Fsp3) is 0.316. The van der Waals surface area contributed by atoms with Gasteiger partial charge in [-0.05, 0) is 55.2 Å². The molecule has 0 spiro atoms. The minimum Gasteiger partial charge on any atom is -0.399 e. The molecule has 0 atom stereocenters. The summed E-state index contributed by atoms with van der Waals surface area (Å²) >= 11 is 6.13. The van der Waals surface area contributed by atoms with Gasteiger partial charge in [0.05, 0.1) is 17.8 Å². The van der Waals surface area contributed by atoms with Crippen LogP contribution in [0.3, 0.4) is 0 Å². The molecule has 1 aliphatic heterocycles. The predicted molar refractivity (Wildman–Crippen MR) is 101 cm³/mol. The van der Waals surface area contributed by atoms with Crippen molar-refractivity contribution in [1.29, 1.82) is 0 Å². The summed E-state index contributed by atoms with van der Waals surface area (Å²) in [5.41, 5.74) is 9.14. The number of anilines is 3. The number of piperidine rings is 1. The molecule has 5 heteroatoms. The van der Waals surface area contributed by atoms with E-state index in [-0.39, 0.29) is 5.91 Å². The second-order valence-electron chi connectivity index (χ2n) is 6.18. The summed E-state index contributed by atoms with van der Waals surface area (Å²) in [6.45, 7) is 2.03. The Labute approximate surface area is 147 Å². The van der Waals surface area contributed by atoms with Crippen LogP contribution in [0.4, 0.5) is 17.1 Å². The molecule has 0 bridgehead atoms. The molecule has 0 aliphatic carbocycles. The van der Waals surface area contributed by atoms with E-state index in [2.05, 4.69) is 10.2 Å². The molecule has 1 aliphatic rings. The van der Waals surface area contributed by atoms with Crippen molar-refractivity contribution in [3.05, 3.63) is 53.1 Å². The predicted octanol–water partition coefficient (Wildman–Crippen LogP) is 4.09. The molecule has 2 aromatic rings. The first kappa shape index (κ1) is 16.7. The Morgan fingerprint density at radius 2 is 1.79 bits per heavy atom. The highest BCUT2D eigenvalue weighted by Gasteiger charge is 2.16. The van der Waals surface area contributed by atoms with Crippen LogP contribution in [0.5, 0.6) is 0 Å². The van der Waals surface area contributed by atoms with Gasteiger partial charge in [0, 0.05) is 23.8 Å². The largest absolute Gasteiger partial charge is 0.399 e. The van der Waals surface area contributed by atoms with Gasteiger partial charge in [0.15, 0.2) is 0 Å². The third-order valence-electron chi connectivity index (χ3n) is 4.27. The Hall–Kier alpha value is -2.20. The average Bonchev–Trinajstić information content (AvgIpc) is 2.58. The molecule has 3 rings (SSSR count). The van der Waals surface area contributed by atoms with Crippen LogP contribution in [0.2, 0.25) is 5.02 Å². The Morgan fingerprint density at radius 1 is 1.08 bits per heavy atom. The summed E-state index contributed by atoms with van der Waals surface area (Å²) in [4.78, 5) is 14.7. The molecule has 1 saturated heterocycles. The Balaban J connectivity index is 1.74. The number of hydrogen-bond acceptors (Lipinski definition) is 3. The average molecular weight is 344 g/mol. The molecule has 0 saturated carbocycles. The second-order valence-corrected chi connectivity index (χ2v) is 6.61. The van der Waals surface area contributed by atoms with Crippen molar-refractivity contribution < 1.29 is 4.79 Å². The van der Waals surface area contributed by atoms with Crippen molar-refractivity contribution in [1.82, 2.24) is 0 Å². The monoisotopic (exact) mass is 343 g/mol. The van der Waals surface area contributed by atoms with E-state index in [1.165, 1.54) is 19.3 Å². The van der Waals surface area contributed by atoms with Crippen LogP contribution in [0, 0.1) is 0 Å². The van der Waals surface area contributed by atoms with Crippen LogP contribution in [-0.4, -0.2) is 19.0 Å². The molecule has 3 N–H and O–H groups in total. The quantitative estimate of drug-likeness (QED) is 0.822. The van der Waals surface area contributed by atoms with Crippen LogP contribution < -0.4 is 16.0 Å². The number of nitrogen functional groups attached to an aromatic ring is 1. The van der Waals surface area contributed by atoms with E-state index < -0.39 is 0 Å². The molecule has 0 radical (unpaired) electrons. The number of carbonyl (C=O) groups excluding carboxylic acids is 1. The van der Waals surface area contributed by atoms with Crippen molar-refractivity contribution in [2.24, 2.45) is 0 Å². The van der Waals surface area contributed by atoms with E-state index in [1.807, 2.05) is 30.3 Å². The summed E-state index contributed by atoms with van der Waals surface area (Å²) in [6.07, 6.45) is 3.94. The van der Waals surface area contributed by atoms with Gasteiger partial charge in [0.25, 0.3) is 0 Å². The highest BCUT2D eigenvalue weighted by molar-refractivity contribution is 6.31. The van der Waals surface area contributed by atoms with E-state index >= 15 is 0 Å². The zero-order valence-electron chi connectivity index (χ0n) is 13.6. The summed E-state index contributed by atoms with van der Waals surface area (Å²) in [6, 6.07) is 13.1. The van der Waals surface area contributed by atoms with Crippen molar-refractivity contribution >= 4 is 34.6 Å². The fourth-order valence-corrected chi connectivity index (χ4v) is 3.21. The zero-order valence-corrected chi connectivity index (χ0v) is 14.4. The van der Waals surface area contributed by atoms with Crippen molar-refractivity contribution in [3.8, 4) is 0 Å². The lowest BCUT2D eigenvalue weighted by molar-refractivity contribution is -0.115. The molecule has 24 heavy (non-hydrogen) atoms. The standard InChI is InChI=1S/C19H22ClN3O/c20-15-6-9-18(23-10-2-1-3-11-23)17(13-15)22-19(24)12-14-4-7-16(21)8-5-14/h4-9,13H,1-3,10-12,21H2,(H,22,24). The molecule has 4 nitrogen and oxygen atoms in total. The molecule has 0 aromatic heterocycles. The number of halogens is 1. The Bertz CT molecular complexity index is 709. The fourth-order valence-electron chi connectivity index (χ4n) is 3.03. The maximum absolute atomic E-state index is 12.4. The molecule has 1 heterocycles. The Morgan fingerprint density at radius 3 is 2.50 bits per heavy atom. The van der Waals surface area contributed by atoms with Gasteiger partial charge < -0.3 is 16.0 Å². The number of nitrogens with zero attached hydrogens (tertiary/aromatic N) is 1. The van der Waals surface area contributed by atoms with Gasteiger partial charge in [0.1, 0.15) is 0 Å². The molecular weight excluding hydrogens is 322 g/mol. The number of amides is 1. The van der Waals surface area contributed by atoms with Crippen LogP contribution in [0.1, 0.15) is 24.8 Å². The maximum atomic E-state index is 12.4. The van der Waals surface area contributed by atoms with Gasteiger partial charge in [-0.15, -0.1) is 0 Å². The normalized spacial score (nSPS) is 14.5. The molecule has 0 unspecified atom stereocenters. The van der Waals surface area contributed by atoms with Crippen molar-refractivity contribution in [2.75, 3.05) is 29.0 Å². The van der Waals surface area contributed by atoms with Crippen molar-refractivity contribution in [2.45, 2.75) is 25.7 Å². The van der Waals surface area contributed by atoms with Gasteiger partial charge in [-0.25, -0.2) is 0 Å². The second kappa shape index (κ2) is 7.58. The first-order valence-corrected chi connectivity index (χ1v) is 8.68. The molecule has 126 valence electrons. The number of carbonyl (C=O) groups is 1. The van der Waals surface area contributed by atoms with E-state index in [4.69, 9.17) is 17.3 Å². The van der Waals surface area contributed by atoms with Gasteiger partial charge >= 0.3 is 0 Å². The minimum absolute atomic E-state index is 0.0553. The Kier molecular flexibility index (Phi) is 5.26. The van der Waals surface area contributed by atoms with Crippen LogP contribution in [-0.2, 0) is 11.2 Å². The van der Waals surface area contributed by atoms with Crippen LogP contribution in [0.25, 0.3) is 0 Å². The molecule has 1 amide bonds. The maximum Gasteiger partial charge on any atom is 0.228 e. The van der Waals surface area contributed by atoms with Gasteiger partial charge in [-0.3, -0.25) is 4.79 Å². The molecular formula is C19H22ClN3O. The number of nitrogens with one attached hydrogen (secondary N) is 1. The number of rotatable bonds is 4. The third-order valence-corrected chi connectivity index (χ3v) is 4.51. The summed E-state index contributed by atoms with van der Waals surface area (Å²) in [7, 11) is 0. The number of hydrogen-bond donors (Lipinski definition) is 2. The van der Waals surface area contributed by atoms with E-state index in [0.717, 1.165) is 30.0 Å². The van der Waals surface area contributed by atoms with Gasteiger partial charge in [-0.1, -0.05) is 23.7 Å². The zero-order chi connectivity index (χ0) is 16.9. The summed E-state index contributed by atoms with van der Waals surface area (Å²) in [5.74, 6) is -0.0553. The highest BCUT2D eigenvalue weighted by atomic mass is 35.5. The van der Waals surface area contributed by atoms with Crippen LogP contribution in [0.15, 0.2) is 42.5 Å². The van der Waals surface area contributed by atoms with Crippen LogP contribution >= 0.6 is 11.6 Å². The number of nitrogens with two attached hydrogens (primary N) is 1. The van der Waals surface area contributed by atoms with Crippen molar-refractivity contribution in [3.63, 3.8) is 0 Å². The van der Waals surface area contributed by atoms with Gasteiger partial charge in [-0.2, -0.15) is 0 Å². The lowest BCUT2D eigenvalue weighted by atomic mass is 10.1. The third kappa shape index (κ3) is 4.20. The van der Waals surface area contributed by atoms with E-state index in [0.29, 0.717) is 17.1 Å². The van der Waals surface area contributed by atoms with Gasteiger partial charge in [0.2, 0.25) is 5.91 Å². The molecule has 1 fully saturated rings. The highest BCUT2D eigenvalue weighted by Crippen LogP contribution is 2.31. The summed E-state index contributed by atoms with van der Waals surface area (Å²) < 4.78 is 0. The first-order valence-electron chi connectivity index (χ1n) is 8.30. The molecule has 2 aromatic carbocycles. The number of benzene rings is 2. The lowest BCUT2D eigenvalue weighted by Gasteiger charge is -2.30. The smallest absolute Gasteiger partial charge is 0.228 e. The first-order chi connectivity index (χ1) is 11.6. The van der Waals surface area contributed by atoms with E-state index in [1.54, 1.807) is 12.1 Å².